The minimum absolute atomic E-state index is 0.0361. The standard InChI is InChI=1S/C15H23N3O/c1-15(2,9-17-10-16)12-5-6-13-11(8-12)4-7-14(19)18(13)3/h5-6,8,17H,4,7,9-10,16H2,1-3H3. The molecule has 1 aliphatic heterocycles. The highest BCUT2D eigenvalue weighted by Gasteiger charge is 2.25. The molecule has 0 radical (unpaired) electrons. The number of rotatable bonds is 4. The van der Waals surface area contributed by atoms with Gasteiger partial charge in [0.2, 0.25) is 5.91 Å². The summed E-state index contributed by atoms with van der Waals surface area (Å²) in [6.45, 7) is 5.74. The number of nitrogens with two attached hydrogens (primary N) is 1. The van der Waals surface area contributed by atoms with Gasteiger partial charge in [-0.15, -0.1) is 0 Å². The van der Waals surface area contributed by atoms with E-state index in [0.29, 0.717) is 13.1 Å². The van der Waals surface area contributed by atoms with Gasteiger partial charge < -0.3 is 16.0 Å². The van der Waals surface area contributed by atoms with Gasteiger partial charge in [-0.05, 0) is 23.6 Å². The van der Waals surface area contributed by atoms with Gasteiger partial charge in [-0.2, -0.15) is 0 Å². The monoisotopic (exact) mass is 261 g/mol. The van der Waals surface area contributed by atoms with Crippen molar-refractivity contribution in [1.82, 2.24) is 5.32 Å². The van der Waals surface area contributed by atoms with Gasteiger partial charge in [-0.25, -0.2) is 0 Å². The number of carbonyl (C=O) groups excluding carboxylic acids is 1. The quantitative estimate of drug-likeness (QED) is 0.805. The Morgan fingerprint density at radius 1 is 1.37 bits per heavy atom. The van der Waals surface area contributed by atoms with Crippen LogP contribution in [0.1, 0.15) is 31.4 Å². The van der Waals surface area contributed by atoms with Gasteiger partial charge in [0.15, 0.2) is 0 Å². The minimum Gasteiger partial charge on any atom is -0.318 e. The van der Waals surface area contributed by atoms with Gasteiger partial charge in [-0.3, -0.25) is 4.79 Å². The molecule has 1 aromatic rings. The van der Waals surface area contributed by atoms with E-state index < -0.39 is 0 Å². The van der Waals surface area contributed by atoms with Gasteiger partial charge in [-0.1, -0.05) is 26.0 Å². The number of amides is 1. The van der Waals surface area contributed by atoms with E-state index in [9.17, 15) is 4.79 Å². The van der Waals surface area contributed by atoms with E-state index in [1.165, 1.54) is 11.1 Å². The number of hydrogen-bond acceptors (Lipinski definition) is 3. The lowest BCUT2D eigenvalue weighted by Gasteiger charge is -2.30. The summed E-state index contributed by atoms with van der Waals surface area (Å²) in [5.41, 5.74) is 9.13. The number of carbonyl (C=O) groups is 1. The second-order valence-electron chi connectivity index (χ2n) is 5.81. The maximum Gasteiger partial charge on any atom is 0.227 e. The third kappa shape index (κ3) is 2.80. The van der Waals surface area contributed by atoms with E-state index in [4.69, 9.17) is 5.73 Å². The zero-order valence-electron chi connectivity index (χ0n) is 12.0. The van der Waals surface area contributed by atoms with Crippen LogP contribution in [0.25, 0.3) is 0 Å². The van der Waals surface area contributed by atoms with Crippen LogP contribution in [-0.2, 0) is 16.6 Å². The summed E-state index contributed by atoms with van der Waals surface area (Å²) in [6.07, 6.45) is 1.45. The number of fused-ring (bicyclic) bond motifs is 1. The van der Waals surface area contributed by atoms with E-state index >= 15 is 0 Å². The summed E-state index contributed by atoms with van der Waals surface area (Å²) in [7, 11) is 1.85. The average molecular weight is 261 g/mol. The summed E-state index contributed by atoms with van der Waals surface area (Å²) in [5, 5.41) is 3.20. The van der Waals surface area contributed by atoms with E-state index in [-0.39, 0.29) is 11.3 Å². The molecular weight excluding hydrogens is 238 g/mol. The smallest absolute Gasteiger partial charge is 0.227 e. The molecular formula is C15H23N3O. The van der Waals surface area contributed by atoms with Gasteiger partial charge in [0.1, 0.15) is 0 Å². The van der Waals surface area contributed by atoms with Crippen LogP contribution in [0.15, 0.2) is 18.2 Å². The van der Waals surface area contributed by atoms with E-state index in [1.54, 1.807) is 4.90 Å². The number of hydrogen-bond donors (Lipinski definition) is 2. The third-order valence-electron chi connectivity index (χ3n) is 3.92. The first-order valence-electron chi connectivity index (χ1n) is 6.76. The summed E-state index contributed by atoms with van der Waals surface area (Å²) in [4.78, 5) is 13.4. The molecule has 0 aromatic heterocycles. The number of anilines is 1. The summed E-state index contributed by atoms with van der Waals surface area (Å²) < 4.78 is 0. The van der Waals surface area contributed by atoms with Crippen LogP contribution >= 0.6 is 0 Å². The van der Waals surface area contributed by atoms with Crippen LogP contribution < -0.4 is 16.0 Å². The number of nitrogens with one attached hydrogen (secondary N) is 1. The molecule has 0 saturated heterocycles. The Morgan fingerprint density at radius 2 is 2.11 bits per heavy atom. The molecule has 104 valence electrons. The molecule has 19 heavy (non-hydrogen) atoms. The SMILES string of the molecule is CN1C(=O)CCc2cc(C(C)(C)CNCN)ccc21. The van der Waals surface area contributed by atoms with E-state index in [0.717, 1.165) is 18.7 Å². The molecule has 0 spiro atoms. The third-order valence-corrected chi connectivity index (χ3v) is 3.92. The molecule has 1 amide bonds. The summed E-state index contributed by atoms with van der Waals surface area (Å²) >= 11 is 0. The average Bonchev–Trinajstić information content (AvgIpc) is 2.40. The van der Waals surface area contributed by atoms with Crippen LogP contribution in [0.5, 0.6) is 0 Å². The normalized spacial score (nSPS) is 15.6. The molecule has 0 saturated carbocycles. The first-order chi connectivity index (χ1) is 8.95. The Morgan fingerprint density at radius 3 is 2.79 bits per heavy atom. The van der Waals surface area contributed by atoms with Crippen molar-refractivity contribution in [3.63, 3.8) is 0 Å². The van der Waals surface area contributed by atoms with Gasteiger partial charge in [0.25, 0.3) is 0 Å². The molecule has 0 fully saturated rings. The molecule has 4 nitrogen and oxygen atoms in total. The number of benzene rings is 1. The van der Waals surface area contributed by atoms with Crippen molar-refractivity contribution in [2.24, 2.45) is 5.73 Å². The Hall–Kier alpha value is -1.39. The predicted octanol–water partition coefficient (Wildman–Crippen LogP) is 1.38. The fourth-order valence-electron chi connectivity index (χ4n) is 2.56. The maximum atomic E-state index is 11.7. The lowest BCUT2D eigenvalue weighted by Crippen LogP contribution is -2.36. The molecule has 0 unspecified atom stereocenters. The van der Waals surface area contributed by atoms with Crippen molar-refractivity contribution in [3.05, 3.63) is 29.3 Å². The predicted molar refractivity (Wildman–Crippen MR) is 78.3 cm³/mol. The van der Waals surface area contributed by atoms with Gasteiger partial charge >= 0.3 is 0 Å². The van der Waals surface area contributed by atoms with Gasteiger partial charge in [0.05, 0.1) is 0 Å². The van der Waals surface area contributed by atoms with Crippen LogP contribution in [-0.4, -0.2) is 26.2 Å². The van der Waals surface area contributed by atoms with Crippen LogP contribution in [0.2, 0.25) is 0 Å². The number of aryl methyl sites for hydroxylation is 1. The van der Waals surface area contributed by atoms with Gasteiger partial charge in [0, 0.05) is 37.8 Å². The lowest BCUT2D eigenvalue weighted by molar-refractivity contribution is -0.118. The zero-order chi connectivity index (χ0) is 14.0. The summed E-state index contributed by atoms with van der Waals surface area (Å²) in [6, 6.07) is 6.41. The van der Waals surface area contributed by atoms with Crippen molar-refractivity contribution in [2.45, 2.75) is 32.1 Å². The second-order valence-corrected chi connectivity index (χ2v) is 5.81. The molecule has 4 heteroatoms. The van der Waals surface area contributed by atoms with Crippen LogP contribution in [0.4, 0.5) is 5.69 Å². The minimum atomic E-state index is 0.0361. The van der Waals surface area contributed by atoms with Crippen molar-refractivity contribution in [3.8, 4) is 0 Å². The Bertz CT molecular complexity index is 482. The highest BCUT2D eigenvalue weighted by atomic mass is 16.2. The lowest BCUT2D eigenvalue weighted by atomic mass is 9.82. The van der Waals surface area contributed by atoms with Crippen molar-refractivity contribution in [1.29, 1.82) is 0 Å². The first-order valence-corrected chi connectivity index (χ1v) is 6.76. The molecule has 1 aliphatic rings. The topological polar surface area (TPSA) is 58.4 Å². The second kappa shape index (κ2) is 5.31. The van der Waals surface area contributed by atoms with Crippen LogP contribution in [0, 0.1) is 0 Å². The fourth-order valence-corrected chi connectivity index (χ4v) is 2.56. The molecule has 0 bridgehead atoms. The molecule has 0 atom stereocenters. The largest absolute Gasteiger partial charge is 0.318 e. The van der Waals surface area contributed by atoms with E-state index in [1.807, 2.05) is 7.05 Å². The number of nitrogens with zero attached hydrogens (tertiary/aromatic N) is 1. The Balaban J connectivity index is 2.29. The van der Waals surface area contributed by atoms with Crippen molar-refractivity contribution >= 4 is 11.6 Å². The molecule has 0 aliphatic carbocycles. The van der Waals surface area contributed by atoms with Crippen LogP contribution in [0.3, 0.4) is 0 Å². The fraction of sp³-hybridized carbons (Fsp3) is 0.533. The van der Waals surface area contributed by atoms with Crippen molar-refractivity contribution < 1.29 is 4.79 Å². The summed E-state index contributed by atoms with van der Waals surface area (Å²) in [5.74, 6) is 0.198. The molecule has 3 N–H and O–H groups in total. The van der Waals surface area contributed by atoms with E-state index in [2.05, 4.69) is 37.4 Å². The Labute approximate surface area is 115 Å². The highest BCUT2D eigenvalue weighted by molar-refractivity contribution is 5.95. The molecule has 1 aromatic carbocycles. The molecule has 1 heterocycles. The Kier molecular flexibility index (Phi) is 3.92. The zero-order valence-corrected chi connectivity index (χ0v) is 12.0. The first kappa shape index (κ1) is 14.0. The molecule has 2 rings (SSSR count). The van der Waals surface area contributed by atoms with Crippen molar-refractivity contribution in [2.75, 3.05) is 25.2 Å². The highest BCUT2D eigenvalue weighted by Crippen LogP contribution is 2.31. The maximum absolute atomic E-state index is 11.7.